The molecule has 1 amide bonds. The van der Waals surface area contributed by atoms with Crippen LogP contribution in [0.4, 0.5) is 0 Å². The number of hydrogen-bond donors (Lipinski definition) is 1. The third kappa shape index (κ3) is 2.50. The van der Waals surface area contributed by atoms with Gasteiger partial charge in [-0.25, -0.2) is 9.97 Å². The maximum absolute atomic E-state index is 12.1. The van der Waals surface area contributed by atoms with E-state index in [0.717, 1.165) is 29.0 Å². The van der Waals surface area contributed by atoms with Crippen LogP contribution < -0.4 is 5.32 Å². The molecular formula is C16H19N3O. The van der Waals surface area contributed by atoms with E-state index in [1.54, 1.807) is 0 Å². The van der Waals surface area contributed by atoms with Crippen LogP contribution in [-0.2, 0) is 0 Å². The Hall–Kier alpha value is -1.97. The summed E-state index contributed by atoms with van der Waals surface area (Å²) in [6.45, 7) is 4.67. The number of hydrogen-bond acceptors (Lipinski definition) is 3. The van der Waals surface area contributed by atoms with Crippen molar-refractivity contribution < 1.29 is 4.79 Å². The zero-order valence-corrected chi connectivity index (χ0v) is 11.9. The first-order valence-corrected chi connectivity index (χ1v) is 7.16. The number of amides is 1. The summed E-state index contributed by atoms with van der Waals surface area (Å²) in [5.74, 6) is 0.655. The average Bonchev–Trinajstić information content (AvgIpc) is 2.37. The van der Waals surface area contributed by atoms with Crippen LogP contribution in [0.1, 0.15) is 41.0 Å². The van der Waals surface area contributed by atoms with E-state index in [4.69, 9.17) is 0 Å². The van der Waals surface area contributed by atoms with Crippen molar-refractivity contribution in [2.24, 2.45) is 5.92 Å². The third-order valence-corrected chi connectivity index (χ3v) is 4.11. The van der Waals surface area contributed by atoms with Gasteiger partial charge in [-0.2, -0.15) is 0 Å². The molecule has 1 aliphatic carbocycles. The van der Waals surface area contributed by atoms with Crippen LogP contribution in [0.25, 0.3) is 11.0 Å². The second-order valence-electron chi connectivity index (χ2n) is 5.60. The van der Waals surface area contributed by atoms with E-state index in [1.807, 2.05) is 32.0 Å². The number of rotatable bonds is 3. The van der Waals surface area contributed by atoms with E-state index in [1.165, 1.54) is 19.3 Å². The predicted octanol–water partition coefficient (Wildman–Crippen LogP) is 2.78. The highest BCUT2D eigenvalue weighted by Gasteiger charge is 2.18. The molecule has 0 aliphatic heterocycles. The standard InChI is InChI=1S/C16H19N3O/c1-10-11(2)19-15-8-13(6-7-14(15)18-10)16(20)17-9-12-4-3-5-12/h6-8,12H,3-5,9H2,1-2H3,(H,17,20). The second kappa shape index (κ2) is 5.19. The molecule has 1 aromatic carbocycles. The van der Waals surface area contributed by atoms with E-state index in [2.05, 4.69) is 15.3 Å². The van der Waals surface area contributed by atoms with Crippen molar-refractivity contribution in [3.63, 3.8) is 0 Å². The van der Waals surface area contributed by atoms with Gasteiger partial charge in [0.2, 0.25) is 0 Å². The SMILES string of the molecule is Cc1nc2ccc(C(=O)NCC3CCC3)cc2nc1C. The minimum absolute atomic E-state index is 0.0150. The molecule has 1 N–H and O–H groups in total. The number of carbonyl (C=O) groups is 1. The molecule has 0 atom stereocenters. The highest BCUT2D eigenvalue weighted by Crippen LogP contribution is 2.25. The number of fused-ring (bicyclic) bond motifs is 1. The molecule has 1 aromatic heterocycles. The lowest BCUT2D eigenvalue weighted by atomic mass is 9.85. The maximum Gasteiger partial charge on any atom is 0.251 e. The number of aromatic nitrogens is 2. The highest BCUT2D eigenvalue weighted by molar-refractivity contribution is 5.97. The predicted molar refractivity (Wildman–Crippen MR) is 78.7 cm³/mol. The van der Waals surface area contributed by atoms with Gasteiger partial charge in [0.05, 0.1) is 22.4 Å². The molecule has 20 heavy (non-hydrogen) atoms. The van der Waals surface area contributed by atoms with Crippen molar-refractivity contribution in [3.05, 3.63) is 35.2 Å². The summed E-state index contributed by atoms with van der Waals surface area (Å²) in [5, 5.41) is 3.00. The summed E-state index contributed by atoms with van der Waals surface area (Å²) in [5.41, 5.74) is 4.12. The quantitative estimate of drug-likeness (QED) is 0.932. The highest BCUT2D eigenvalue weighted by atomic mass is 16.1. The molecule has 2 aromatic rings. The molecule has 104 valence electrons. The van der Waals surface area contributed by atoms with Crippen LogP contribution >= 0.6 is 0 Å². The van der Waals surface area contributed by atoms with Gasteiger partial charge in [0, 0.05) is 12.1 Å². The second-order valence-corrected chi connectivity index (χ2v) is 5.60. The minimum atomic E-state index is -0.0150. The smallest absolute Gasteiger partial charge is 0.251 e. The Labute approximate surface area is 118 Å². The van der Waals surface area contributed by atoms with Gasteiger partial charge in [0.25, 0.3) is 5.91 Å². The summed E-state index contributed by atoms with van der Waals surface area (Å²) < 4.78 is 0. The van der Waals surface area contributed by atoms with Gasteiger partial charge in [-0.3, -0.25) is 4.79 Å². The first-order chi connectivity index (χ1) is 9.63. The molecule has 4 heteroatoms. The number of nitrogens with zero attached hydrogens (tertiary/aromatic N) is 2. The van der Waals surface area contributed by atoms with Crippen molar-refractivity contribution >= 4 is 16.9 Å². The van der Waals surface area contributed by atoms with Crippen molar-refractivity contribution in [1.82, 2.24) is 15.3 Å². The molecule has 0 bridgehead atoms. The Morgan fingerprint density at radius 3 is 2.55 bits per heavy atom. The Balaban J connectivity index is 1.80. The largest absolute Gasteiger partial charge is 0.352 e. The Morgan fingerprint density at radius 1 is 1.20 bits per heavy atom. The normalized spacial score (nSPS) is 15.1. The first kappa shape index (κ1) is 13.0. The molecule has 0 unspecified atom stereocenters. The van der Waals surface area contributed by atoms with Gasteiger partial charge in [0.15, 0.2) is 0 Å². The summed E-state index contributed by atoms with van der Waals surface area (Å²) in [6.07, 6.45) is 3.77. The van der Waals surface area contributed by atoms with Crippen molar-refractivity contribution in [2.45, 2.75) is 33.1 Å². The average molecular weight is 269 g/mol. The van der Waals surface area contributed by atoms with Gasteiger partial charge in [-0.05, 0) is 50.8 Å². The molecule has 1 heterocycles. The van der Waals surface area contributed by atoms with Crippen LogP contribution in [0.2, 0.25) is 0 Å². The molecule has 0 radical (unpaired) electrons. The molecule has 0 spiro atoms. The first-order valence-electron chi connectivity index (χ1n) is 7.16. The van der Waals surface area contributed by atoms with Gasteiger partial charge < -0.3 is 5.32 Å². The van der Waals surface area contributed by atoms with E-state index in [0.29, 0.717) is 11.5 Å². The Kier molecular flexibility index (Phi) is 3.38. The molecule has 1 aliphatic rings. The van der Waals surface area contributed by atoms with Crippen LogP contribution in [0.3, 0.4) is 0 Å². The zero-order chi connectivity index (χ0) is 14.1. The third-order valence-electron chi connectivity index (χ3n) is 4.11. The summed E-state index contributed by atoms with van der Waals surface area (Å²) >= 11 is 0. The van der Waals surface area contributed by atoms with Crippen LogP contribution in [-0.4, -0.2) is 22.4 Å². The Morgan fingerprint density at radius 2 is 1.90 bits per heavy atom. The van der Waals surface area contributed by atoms with E-state index < -0.39 is 0 Å². The fourth-order valence-corrected chi connectivity index (χ4v) is 2.41. The number of aryl methyl sites for hydroxylation is 2. The van der Waals surface area contributed by atoms with Crippen LogP contribution in [0.5, 0.6) is 0 Å². The van der Waals surface area contributed by atoms with Gasteiger partial charge in [0.1, 0.15) is 0 Å². The molecular weight excluding hydrogens is 250 g/mol. The summed E-state index contributed by atoms with van der Waals surface area (Å²) in [7, 11) is 0. The lowest BCUT2D eigenvalue weighted by molar-refractivity contribution is 0.0939. The van der Waals surface area contributed by atoms with Crippen molar-refractivity contribution in [2.75, 3.05) is 6.54 Å². The summed E-state index contributed by atoms with van der Waals surface area (Å²) in [4.78, 5) is 21.1. The maximum atomic E-state index is 12.1. The van der Waals surface area contributed by atoms with E-state index >= 15 is 0 Å². The number of nitrogens with one attached hydrogen (secondary N) is 1. The van der Waals surface area contributed by atoms with Gasteiger partial charge in [-0.1, -0.05) is 6.42 Å². The molecule has 4 nitrogen and oxygen atoms in total. The fourth-order valence-electron chi connectivity index (χ4n) is 2.41. The molecule has 1 saturated carbocycles. The molecule has 1 fully saturated rings. The Bertz CT molecular complexity index is 662. The minimum Gasteiger partial charge on any atom is -0.352 e. The molecule has 3 rings (SSSR count). The van der Waals surface area contributed by atoms with E-state index in [-0.39, 0.29) is 5.91 Å². The van der Waals surface area contributed by atoms with Crippen LogP contribution in [0.15, 0.2) is 18.2 Å². The monoisotopic (exact) mass is 269 g/mol. The fraction of sp³-hybridized carbons (Fsp3) is 0.438. The summed E-state index contributed by atoms with van der Waals surface area (Å²) in [6, 6.07) is 5.51. The van der Waals surface area contributed by atoms with Crippen molar-refractivity contribution in [3.8, 4) is 0 Å². The van der Waals surface area contributed by atoms with Gasteiger partial charge >= 0.3 is 0 Å². The van der Waals surface area contributed by atoms with E-state index in [9.17, 15) is 4.79 Å². The zero-order valence-electron chi connectivity index (χ0n) is 11.9. The topological polar surface area (TPSA) is 54.9 Å². The van der Waals surface area contributed by atoms with Crippen LogP contribution in [0, 0.1) is 19.8 Å². The number of benzene rings is 1. The van der Waals surface area contributed by atoms with Crippen molar-refractivity contribution in [1.29, 1.82) is 0 Å². The molecule has 0 saturated heterocycles. The van der Waals surface area contributed by atoms with Gasteiger partial charge in [-0.15, -0.1) is 0 Å². The lowest BCUT2D eigenvalue weighted by Crippen LogP contribution is -2.32. The lowest BCUT2D eigenvalue weighted by Gasteiger charge is -2.25. The number of carbonyl (C=O) groups excluding carboxylic acids is 1.